The van der Waals surface area contributed by atoms with Crippen molar-refractivity contribution in [1.29, 1.82) is 0 Å². The van der Waals surface area contributed by atoms with Gasteiger partial charge in [0.15, 0.2) is 0 Å². The van der Waals surface area contributed by atoms with Gasteiger partial charge in [0, 0.05) is 36.4 Å². The summed E-state index contributed by atoms with van der Waals surface area (Å²) in [6, 6.07) is 8.94. The van der Waals surface area contributed by atoms with Crippen molar-refractivity contribution < 1.29 is 4.79 Å². The number of piperidine rings is 1. The van der Waals surface area contributed by atoms with E-state index in [2.05, 4.69) is 20.3 Å². The Hall–Kier alpha value is -2.45. The molecule has 1 atom stereocenters. The first-order chi connectivity index (χ1) is 13.5. The van der Waals surface area contributed by atoms with Crippen LogP contribution in [0.4, 0.5) is 5.13 Å². The van der Waals surface area contributed by atoms with Crippen LogP contribution in [0.1, 0.15) is 24.1 Å². The van der Waals surface area contributed by atoms with E-state index < -0.39 is 0 Å². The number of fused-ring (bicyclic) bond motifs is 1. The Morgan fingerprint density at radius 3 is 3.07 bits per heavy atom. The van der Waals surface area contributed by atoms with Gasteiger partial charge in [-0.3, -0.25) is 9.59 Å². The highest BCUT2D eigenvalue weighted by Crippen LogP contribution is 2.27. The summed E-state index contributed by atoms with van der Waals surface area (Å²) in [7, 11) is 0. The van der Waals surface area contributed by atoms with Crippen LogP contribution in [0.5, 0.6) is 0 Å². The Morgan fingerprint density at radius 1 is 1.39 bits per heavy atom. The Bertz CT molecular complexity index is 1080. The zero-order valence-corrected chi connectivity index (χ0v) is 17.0. The van der Waals surface area contributed by atoms with Crippen LogP contribution < -0.4 is 15.8 Å². The van der Waals surface area contributed by atoms with Crippen LogP contribution in [0.2, 0.25) is 5.02 Å². The maximum absolute atomic E-state index is 12.6. The van der Waals surface area contributed by atoms with E-state index in [1.165, 1.54) is 21.9 Å². The number of rotatable bonds is 4. The number of halogens is 1. The number of carbonyl (C=O) groups is 1. The maximum Gasteiger partial charge on any atom is 0.275 e. The molecule has 9 heteroatoms. The molecule has 0 spiro atoms. The van der Waals surface area contributed by atoms with Gasteiger partial charge in [-0.25, -0.2) is 4.98 Å². The SMILES string of the molecule is Cc1cc(=O)n2nc(N3CCC[C@H](C(=O)NCc4cccc(Cl)c4)C3)sc2n1. The third-order valence-corrected chi connectivity index (χ3v) is 5.99. The zero-order chi connectivity index (χ0) is 19.7. The predicted molar refractivity (Wildman–Crippen MR) is 110 cm³/mol. The topological polar surface area (TPSA) is 79.6 Å². The van der Waals surface area contributed by atoms with E-state index >= 15 is 0 Å². The van der Waals surface area contributed by atoms with Gasteiger partial charge in [-0.05, 0) is 37.5 Å². The Balaban J connectivity index is 1.44. The fraction of sp³-hybridized carbons (Fsp3) is 0.368. The minimum Gasteiger partial charge on any atom is -0.352 e. The van der Waals surface area contributed by atoms with Gasteiger partial charge in [-0.15, -0.1) is 5.10 Å². The summed E-state index contributed by atoms with van der Waals surface area (Å²) in [5, 5.41) is 8.80. The average Bonchev–Trinajstić information content (AvgIpc) is 3.11. The molecule has 1 amide bonds. The first-order valence-corrected chi connectivity index (χ1v) is 10.3. The second-order valence-corrected chi connectivity index (χ2v) is 8.32. The number of carbonyl (C=O) groups excluding carboxylic acids is 1. The lowest BCUT2D eigenvalue weighted by Gasteiger charge is -2.31. The van der Waals surface area contributed by atoms with Crippen molar-refractivity contribution in [3.63, 3.8) is 0 Å². The summed E-state index contributed by atoms with van der Waals surface area (Å²) in [6.07, 6.45) is 1.73. The monoisotopic (exact) mass is 417 g/mol. The van der Waals surface area contributed by atoms with E-state index in [0.29, 0.717) is 28.8 Å². The number of nitrogens with zero attached hydrogens (tertiary/aromatic N) is 4. The van der Waals surface area contributed by atoms with Crippen LogP contribution in [0, 0.1) is 12.8 Å². The van der Waals surface area contributed by atoms with Crippen molar-refractivity contribution >= 4 is 38.9 Å². The zero-order valence-electron chi connectivity index (χ0n) is 15.4. The molecule has 1 saturated heterocycles. The van der Waals surface area contributed by atoms with Crippen LogP contribution >= 0.6 is 22.9 Å². The molecule has 3 heterocycles. The van der Waals surface area contributed by atoms with Gasteiger partial charge in [0.2, 0.25) is 16.0 Å². The number of hydrogen-bond donors (Lipinski definition) is 1. The van der Waals surface area contributed by atoms with Crippen molar-refractivity contribution in [3.8, 4) is 0 Å². The van der Waals surface area contributed by atoms with Crippen molar-refractivity contribution in [1.82, 2.24) is 19.9 Å². The lowest BCUT2D eigenvalue weighted by Crippen LogP contribution is -2.43. The first-order valence-electron chi connectivity index (χ1n) is 9.14. The molecule has 1 aliphatic rings. The molecule has 146 valence electrons. The second-order valence-electron chi connectivity index (χ2n) is 6.95. The number of anilines is 1. The normalized spacial score (nSPS) is 17.1. The van der Waals surface area contributed by atoms with E-state index in [-0.39, 0.29) is 17.4 Å². The summed E-state index contributed by atoms with van der Waals surface area (Å²) in [6.45, 7) is 3.64. The van der Waals surface area contributed by atoms with Gasteiger partial charge in [0.25, 0.3) is 5.56 Å². The average molecular weight is 418 g/mol. The predicted octanol–water partition coefficient (Wildman–Crippen LogP) is 2.65. The molecule has 1 aliphatic heterocycles. The Kier molecular flexibility index (Phi) is 5.32. The van der Waals surface area contributed by atoms with Gasteiger partial charge in [-0.1, -0.05) is 35.1 Å². The summed E-state index contributed by atoms with van der Waals surface area (Å²) < 4.78 is 1.33. The smallest absolute Gasteiger partial charge is 0.275 e. The quantitative estimate of drug-likeness (QED) is 0.705. The first kappa shape index (κ1) is 18.9. The lowest BCUT2D eigenvalue weighted by atomic mass is 9.97. The Morgan fingerprint density at radius 2 is 2.25 bits per heavy atom. The van der Waals surface area contributed by atoms with Crippen molar-refractivity contribution in [2.75, 3.05) is 18.0 Å². The largest absolute Gasteiger partial charge is 0.352 e. The highest BCUT2D eigenvalue weighted by atomic mass is 35.5. The molecule has 4 rings (SSSR count). The second kappa shape index (κ2) is 7.89. The molecule has 0 aliphatic carbocycles. The van der Waals surface area contributed by atoms with E-state index in [1.807, 2.05) is 24.3 Å². The third-order valence-electron chi connectivity index (χ3n) is 4.78. The van der Waals surface area contributed by atoms with Crippen LogP contribution in [-0.4, -0.2) is 33.6 Å². The molecule has 0 bridgehead atoms. The molecule has 3 aromatic rings. The summed E-state index contributed by atoms with van der Waals surface area (Å²) >= 11 is 7.37. The van der Waals surface area contributed by atoms with Gasteiger partial charge < -0.3 is 10.2 Å². The molecule has 2 aromatic heterocycles. The molecule has 7 nitrogen and oxygen atoms in total. The van der Waals surface area contributed by atoms with Gasteiger partial charge in [0.05, 0.1) is 5.92 Å². The molecular weight excluding hydrogens is 398 g/mol. The molecule has 1 fully saturated rings. The van der Waals surface area contributed by atoms with E-state index in [1.54, 1.807) is 6.92 Å². The van der Waals surface area contributed by atoms with E-state index in [4.69, 9.17) is 11.6 Å². The molecule has 0 saturated carbocycles. The van der Waals surface area contributed by atoms with Gasteiger partial charge >= 0.3 is 0 Å². The number of benzene rings is 1. The molecule has 0 radical (unpaired) electrons. The summed E-state index contributed by atoms with van der Waals surface area (Å²) in [4.78, 5) is 31.8. The van der Waals surface area contributed by atoms with Gasteiger partial charge in [-0.2, -0.15) is 4.52 Å². The number of aromatic nitrogens is 3. The molecule has 1 aromatic carbocycles. The van der Waals surface area contributed by atoms with Crippen molar-refractivity contribution in [2.45, 2.75) is 26.3 Å². The highest BCUT2D eigenvalue weighted by molar-refractivity contribution is 7.20. The van der Waals surface area contributed by atoms with Crippen molar-refractivity contribution in [2.24, 2.45) is 5.92 Å². The summed E-state index contributed by atoms with van der Waals surface area (Å²) in [5.74, 6) is -0.0942. The molecule has 28 heavy (non-hydrogen) atoms. The number of hydrogen-bond acceptors (Lipinski definition) is 6. The summed E-state index contributed by atoms with van der Waals surface area (Å²) in [5.41, 5.74) is 1.47. The van der Waals surface area contributed by atoms with Gasteiger partial charge in [0.1, 0.15) is 0 Å². The number of amides is 1. The number of nitrogens with one attached hydrogen (secondary N) is 1. The highest BCUT2D eigenvalue weighted by Gasteiger charge is 2.27. The van der Waals surface area contributed by atoms with Crippen LogP contribution in [0.3, 0.4) is 0 Å². The Labute approximate surface area is 171 Å². The van der Waals surface area contributed by atoms with E-state index in [9.17, 15) is 9.59 Å². The maximum atomic E-state index is 12.6. The van der Waals surface area contributed by atoms with E-state index in [0.717, 1.165) is 30.1 Å². The fourth-order valence-corrected chi connectivity index (χ4v) is 4.58. The van der Waals surface area contributed by atoms with Crippen LogP contribution in [0.25, 0.3) is 4.96 Å². The molecule has 0 unspecified atom stereocenters. The van der Waals surface area contributed by atoms with Crippen LogP contribution in [-0.2, 0) is 11.3 Å². The van der Waals surface area contributed by atoms with Crippen molar-refractivity contribution in [3.05, 3.63) is 57.0 Å². The van der Waals surface area contributed by atoms with Crippen LogP contribution in [0.15, 0.2) is 35.1 Å². The lowest BCUT2D eigenvalue weighted by molar-refractivity contribution is -0.125. The standard InChI is InChI=1S/C19H20ClN5O2S/c1-12-8-16(26)25-18(22-12)28-19(23-25)24-7-3-5-14(11-24)17(27)21-10-13-4-2-6-15(20)9-13/h2,4,6,8-9,14H,3,5,7,10-11H2,1H3,(H,21,27)/t14-/m0/s1. The minimum atomic E-state index is -0.183. The molecule has 1 N–H and O–H groups in total. The minimum absolute atomic E-state index is 0.0249. The molecular formula is C19H20ClN5O2S. The fourth-order valence-electron chi connectivity index (χ4n) is 3.38. The third kappa shape index (κ3) is 4.02. The number of aryl methyl sites for hydroxylation is 1.